The molecular formula is C25H39FS2. The van der Waals surface area contributed by atoms with E-state index in [9.17, 15) is 4.39 Å². The van der Waals surface area contributed by atoms with Crippen LogP contribution in [0.5, 0.6) is 0 Å². The predicted octanol–water partition coefficient (Wildman–Crippen LogP) is 8.65. The number of halogens is 1. The molecule has 2 aliphatic rings. The van der Waals surface area contributed by atoms with Gasteiger partial charge in [-0.1, -0.05) is 70.9 Å². The van der Waals surface area contributed by atoms with Crippen LogP contribution in [-0.2, 0) is 6.42 Å². The Kier molecular flexibility index (Phi) is 9.57. The first-order valence-electron chi connectivity index (χ1n) is 11.7. The minimum absolute atomic E-state index is 0.00988. The third kappa shape index (κ3) is 6.42. The molecule has 0 nitrogen and oxygen atoms in total. The summed E-state index contributed by atoms with van der Waals surface area (Å²) in [6.45, 7) is 4.47. The summed E-state index contributed by atoms with van der Waals surface area (Å²) in [6.07, 6.45) is 14.6. The molecule has 158 valence electrons. The van der Waals surface area contributed by atoms with Gasteiger partial charge in [-0.2, -0.15) is 0 Å². The van der Waals surface area contributed by atoms with E-state index in [4.69, 9.17) is 0 Å². The molecule has 1 aliphatic carbocycles. The van der Waals surface area contributed by atoms with Crippen molar-refractivity contribution in [1.29, 1.82) is 0 Å². The highest BCUT2D eigenvalue weighted by Crippen LogP contribution is 2.49. The molecule has 3 rings (SSSR count). The van der Waals surface area contributed by atoms with Crippen molar-refractivity contribution in [3.05, 3.63) is 35.1 Å². The van der Waals surface area contributed by atoms with Crippen LogP contribution in [0, 0.1) is 23.6 Å². The molecule has 2 fully saturated rings. The standard InChI is InChI=1S/C25H39FS2/c1-3-5-7-8-19-10-12-20(13-11-19)23-17-27-25(28-18-23)22-15-14-21(9-6-4-2)24(26)16-22/h14-16,19-20,23,25H,3-13,17-18H2,1-2H3/t19?,20?,23-,25-. The number of benzene rings is 1. The van der Waals surface area contributed by atoms with Gasteiger partial charge in [0.05, 0.1) is 4.58 Å². The quantitative estimate of drug-likeness (QED) is 0.365. The molecule has 1 saturated heterocycles. The van der Waals surface area contributed by atoms with E-state index in [1.165, 1.54) is 68.4 Å². The summed E-state index contributed by atoms with van der Waals surface area (Å²) in [6, 6.07) is 6.03. The summed E-state index contributed by atoms with van der Waals surface area (Å²) in [5.74, 6) is 5.36. The topological polar surface area (TPSA) is 0 Å². The van der Waals surface area contributed by atoms with Gasteiger partial charge >= 0.3 is 0 Å². The summed E-state index contributed by atoms with van der Waals surface area (Å²) in [7, 11) is 0. The fourth-order valence-corrected chi connectivity index (χ4v) is 8.20. The van der Waals surface area contributed by atoms with E-state index < -0.39 is 0 Å². The van der Waals surface area contributed by atoms with Crippen LogP contribution in [0.1, 0.15) is 93.8 Å². The Morgan fingerprint density at radius 1 is 0.893 bits per heavy atom. The van der Waals surface area contributed by atoms with Crippen molar-refractivity contribution in [3.8, 4) is 0 Å². The van der Waals surface area contributed by atoms with Gasteiger partial charge in [0.2, 0.25) is 0 Å². The fourth-order valence-electron chi connectivity index (χ4n) is 4.89. The largest absolute Gasteiger partial charge is 0.207 e. The maximum Gasteiger partial charge on any atom is 0.126 e. The molecule has 3 heteroatoms. The van der Waals surface area contributed by atoms with E-state index in [2.05, 4.69) is 43.4 Å². The molecule has 28 heavy (non-hydrogen) atoms. The molecule has 1 aromatic rings. The molecule has 1 saturated carbocycles. The average molecular weight is 423 g/mol. The van der Waals surface area contributed by atoms with Gasteiger partial charge in [-0.05, 0) is 72.1 Å². The minimum Gasteiger partial charge on any atom is -0.207 e. The Morgan fingerprint density at radius 3 is 2.25 bits per heavy atom. The molecule has 0 amide bonds. The van der Waals surface area contributed by atoms with Crippen molar-refractivity contribution in [3.63, 3.8) is 0 Å². The predicted molar refractivity (Wildman–Crippen MR) is 126 cm³/mol. The fraction of sp³-hybridized carbons (Fsp3) is 0.760. The van der Waals surface area contributed by atoms with Gasteiger partial charge < -0.3 is 0 Å². The highest BCUT2D eigenvalue weighted by molar-refractivity contribution is 8.16. The highest BCUT2D eigenvalue weighted by atomic mass is 32.2. The van der Waals surface area contributed by atoms with Crippen LogP contribution >= 0.6 is 23.5 Å². The molecule has 1 aliphatic heterocycles. The zero-order valence-corrected chi connectivity index (χ0v) is 19.6. The second kappa shape index (κ2) is 11.9. The average Bonchev–Trinajstić information content (AvgIpc) is 2.74. The van der Waals surface area contributed by atoms with Crippen LogP contribution in [0.25, 0.3) is 0 Å². The molecule has 0 aromatic heterocycles. The Bertz CT molecular complexity index is 572. The number of hydrogen-bond acceptors (Lipinski definition) is 2. The van der Waals surface area contributed by atoms with Crippen molar-refractivity contribution >= 4 is 23.5 Å². The molecular weight excluding hydrogens is 383 g/mol. The van der Waals surface area contributed by atoms with E-state index in [1.54, 1.807) is 0 Å². The minimum atomic E-state index is 0.00988. The summed E-state index contributed by atoms with van der Waals surface area (Å²) in [5.41, 5.74) is 2.08. The van der Waals surface area contributed by atoms with E-state index in [0.29, 0.717) is 4.58 Å². The molecule has 1 aromatic carbocycles. The monoisotopic (exact) mass is 422 g/mol. The lowest BCUT2D eigenvalue weighted by atomic mass is 9.75. The molecule has 0 N–H and O–H groups in total. The Hall–Kier alpha value is -0.150. The maximum atomic E-state index is 14.4. The second-order valence-electron chi connectivity index (χ2n) is 8.99. The lowest BCUT2D eigenvalue weighted by Gasteiger charge is -2.37. The maximum absolute atomic E-state index is 14.4. The van der Waals surface area contributed by atoms with Crippen LogP contribution in [0.15, 0.2) is 18.2 Å². The highest BCUT2D eigenvalue weighted by Gasteiger charge is 2.32. The third-order valence-corrected chi connectivity index (χ3v) is 10.1. The van der Waals surface area contributed by atoms with Gasteiger partial charge in [0.15, 0.2) is 0 Å². The Morgan fingerprint density at radius 2 is 1.61 bits per heavy atom. The Labute approximate surface area is 181 Å². The normalized spacial score (nSPS) is 28.4. The van der Waals surface area contributed by atoms with Gasteiger partial charge in [-0.3, -0.25) is 0 Å². The van der Waals surface area contributed by atoms with E-state index in [1.807, 2.05) is 12.1 Å². The van der Waals surface area contributed by atoms with Gasteiger partial charge in [0, 0.05) is 0 Å². The number of rotatable bonds is 9. The first kappa shape index (κ1) is 22.5. The second-order valence-corrected chi connectivity index (χ2v) is 11.6. The van der Waals surface area contributed by atoms with Crippen LogP contribution in [-0.4, -0.2) is 11.5 Å². The summed E-state index contributed by atoms with van der Waals surface area (Å²) < 4.78 is 14.9. The summed E-state index contributed by atoms with van der Waals surface area (Å²) >= 11 is 4.13. The van der Waals surface area contributed by atoms with E-state index >= 15 is 0 Å². The van der Waals surface area contributed by atoms with Gasteiger partial charge in [-0.25, -0.2) is 4.39 Å². The lowest BCUT2D eigenvalue weighted by Crippen LogP contribution is -2.27. The van der Waals surface area contributed by atoms with E-state index in [-0.39, 0.29) is 5.82 Å². The molecule has 0 spiro atoms. The first-order valence-corrected chi connectivity index (χ1v) is 13.8. The smallest absolute Gasteiger partial charge is 0.126 e. The van der Waals surface area contributed by atoms with Crippen molar-refractivity contribution in [2.75, 3.05) is 11.5 Å². The van der Waals surface area contributed by atoms with E-state index in [0.717, 1.165) is 42.6 Å². The van der Waals surface area contributed by atoms with Crippen molar-refractivity contribution < 1.29 is 4.39 Å². The van der Waals surface area contributed by atoms with Crippen LogP contribution in [0.3, 0.4) is 0 Å². The zero-order valence-electron chi connectivity index (χ0n) is 17.9. The van der Waals surface area contributed by atoms with Crippen LogP contribution in [0.4, 0.5) is 4.39 Å². The lowest BCUT2D eigenvalue weighted by molar-refractivity contribution is 0.218. The SMILES string of the molecule is CCCCCC1CCC([C@H]2CS[C@H](c3ccc(CCCC)c(F)c3)SC2)CC1. The van der Waals surface area contributed by atoms with Crippen LogP contribution < -0.4 is 0 Å². The first-order chi connectivity index (χ1) is 13.7. The third-order valence-electron chi connectivity index (χ3n) is 6.85. The Balaban J connectivity index is 1.43. The number of thioether (sulfide) groups is 2. The van der Waals surface area contributed by atoms with Crippen molar-refractivity contribution in [2.45, 2.75) is 89.1 Å². The van der Waals surface area contributed by atoms with Crippen molar-refractivity contribution in [1.82, 2.24) is 0 Å². The van der Waals surface area contributed by atoms with Crippen LogP contribution in [0.2, 0.25) is 0 Å². The van der Waals surface area contributed by atoms with Gasteiger partial charge in [0.25, 0.3) is 0 Å². The molecule has 0 atom stereocenters. The summed E-state index contributed by atoms with van der Waals surface area (Å²) in [5, 5.41) is 0. The number of hydrogen-bond donors (Lipinski definition) is 0. The molecule has 0 bridgehead atoms. The van der Waals surface area contributed by atoms with Gasteiger partial charge in [0.1, 0.15) is 5.82 Å². The molecule has 1 heterocycles. The molecule has 0 unspecified atom stereocenters. The van der Waals surface area contributed by atoms with Crippen molar-refractivity contribution in [2.24, 2.45) is 17.8 Å². The summed E-state index contributed by atoms with van der Waals surface area (Å²) in [4.78, 5) is 0. The molecule has 0 radical (unpaired) electrons. The number of unbranched alkanes of at least 4 members (excludes halogenated alkanes) is 3. The zero-order chi connectivity index (χ0) is 19.8. The van der Waals surface area contributed by atoms with Gasteiger partial charge in [-0.15, -0.1) is 23.5 Å². The number of aryl methyl sites for hydroxylation is 1.